The van der Waals surface area contributed by atoms with Gasteiger partial charge in [0.2, 0.25) is 0 Å². The molecule has 0 aliphatic heterocycles. The maximum Gasteiger partial charge on any atom is 0.412 e. The SMILES string of the molecule is CC(NC(=O)Oc1ccc([N+](=O)[O-])cc1)C(NCC(=O)OCC[Si](C)(C)C)C1CCCCC1. The molecule has 1 aliphatic carbocycles. The first kappa shape index (κ1) is 26.8. The third-order valence-electron chi connectivity index (χ3n) is 5.90. The summed E-state index contributed by atoms with van der Waals surface area (Å²) in [5, 5.41) is 16.9. The number of rotatable bonds is 11. The minimum absolute atomic E-state index is 0.0746. The zero-order chi connectivity index (χ0) is 24.4. The maximum absolute atomic E-state index is 12.4. The monoisotopic (exact) mass is 479 g/mol. The van der Waals surface area contributed by atoms with Crippen LogP contribution in [0.2, 0.25) is 25.7 Å². The highest BCUT2D eigenvalue weighted by atomic mass is 28.3. The Morgan fingerprint density at radius 1 is 1.15 bits per heavy atom. The molecule has 10 heteroatoms. The second kappa shape index (κ2) is 12.7. The summed E-state index contributed by atoms with van der Waals surface area (Å²) in [6.45, 7) is 9.14. The number of nitro groups is 1. The minimum Gasteiger partial charge on any atom is -0.465 e. The third-order valence-corrected chi connectivity index (χ3v) is 7.60. The van der Waals surface area contributed by atoms with Crippen molar-refractivity contribution in [3.63, 3.8) is 0 Å². The van der Waals surface area contributed by atoms with Crippen molar-refractivity contribution >= 4 is 25.8 Å². The molecule has 2 unspecified atom stereocenters. The van der Waals surface area contributed by atoms with Crippen molar-refractivity contribution in [3.8, 4) is 5.75 Å². The Bertz CT molecular complexity index is 790. The molecule has 1 aromatic carbocycles. The maximum atomic E-state index is 12.4. The van der Waals surface area contributed by atoms with Crippen LogP contribution in [-0.4, -0.2) is 50.3 Å². The molecule has 2 rings (SSSR count). The van der Waals surface area contributed by atoms with Crippen molar-refractivity contribution in [2.75, 3.05) is 13.2 Å². The van der Waals surface area contributed by atoms with Crippen LogP contribution in [0.3, 0.4) is 0 Å². The Balaban J connectivity index is 1.91. The number of ether oxygens (including phenoxy) is 2. The number of non-ortho nitro benzene ring substituents is 1. The summed E-state index contributed by atoms with van der Waals surface area (Å²) in [6.07, 6.45) is 4.88. The minimum atomic E-state index is -1.27. The lowest BCUT2D eigenvalue weighted by atomic mass is 9.81. The zero-order valence-corrected chi connectivity index (χ0v) is 21.1. The molecular weight excluding hydrogens is 442 g/mol. The number of hydrogen-bond donors (Lipinski definition) is 2. The molecule has 184 valence electrons. The highest BCUT2D eigenvalue weighted by Gasteiger charge is 2.30. The Kier molecular flexibility index (Phi) is 10.3. The fourth-order valence-corrected chi connectivity index (χ4v) is 4.73. The second-order valence-corrected chi connectivity index (χ2v) is 15.5. The van der Waals surface area contributed by atoms with Crippen LogP contribution < -0.4 is 15.4 Å². The molecule has 1 amide bonds. The Morgan fingerprint density at radius 3 is 2.36 bits per heavy atom. The van der Waals surface area contributed by atoms with Crippen LogP contribution in [0.5, 0.6) is 5.75 Å². The van der Waals surface area contributed by atoms with E-state index in [2.05, 4.69) is 30.3 Å². The van der Waals surface area contributed by atoms with Gasteiger partial charge >= 0.3 is 12.1 Å². The summed E-state index contributed by atoms with van der Waals surface area (Å²) in [7, 11) is -1.27. The summed E-state index contributed by atoms with van der Waals surface area (Å²) in [5.41, 5.74) is -0.0746. The summed E-state index contributed by atoms with van der Waals surface area (Å²) < 4.78 is 10.7. The van der Waals surface area contributed by atoms with Gasteiger partial charge in [0.1, 0.15) is 5.75 Å². The van der Waals surface area contributed by atoms with Crippen molar-refractivity contribution in [1.82, 2.24) is 10.6 Å². The van der Waals surface area contributed by atoms with Gasteiger partial charge in [-0.1, -0.05) is 38.9 Å². The molecule has 33 heavy (non-hydrogen) atoms. The molecule has 0 spiro atoms. The van der Waals surface area contributed by atoms with Crippen LogP contribution in [0.15, 0.2) is 24.3 Å². The molecule has 2 N–H and O–H groups in total. The molecule has 0 bridgehead atoms. The van der Waals surface area contributed by atoms with Crippen LogP contribution in [-0.2, 0) is 9.53 Å². The lowest BCUT2D eigenvalue weighted by Gasteiger charge is -2.35. The predicted molar refractivity (Wildman–Crippen MR) is 129 cm³/mol. The fourth-order valence-electron chi connectivity index (χ4n) is 4.02. The van der Waals surface area contributed by atoms with Gasteiger partial charge in [0.05, 0.1) is 18.1 Å². The molecule has 0 saturated heterocycles. The van der Waals surface area contributed by atoms with E-state index in [1.165, 1.54) is 30.7 Å². The first-order chi connectivity index (χ1) is 15.5. The lowest BCUT2D eigenvalue weighted by Crippen LogP contribution is -2.54. The van der Waals surface area contributed by atoms with E-state index in [1.807, 2.05) is 6.92 Å². The van der Waals surface area contributed by atoms with E-state index in [0.29, 0.717) is 12.5 Å². The number of hydrogen-bond acceptors (Lipinski definition) is 7. The Hall–Kier alpha value is -2.46. The molecular formula is C23H37N3O6Si. The van der Waals surface area contributed by atoms with Gasteiger partial charge in [-0.3, -0.25) is 14.9 Å². The highest BCUT2D eigenvalue weighted by Crippen LogP contribution is 2.28. The number of nitrogens with one attached hydrogen (secondary N) is 2. The van der Waals surface area contributed by atoms with Gasteiger partial charge in [0, 0.05) is 32.3 Å². The van der Waals surface area contributed by atoms with Crippen molar-refractivity contribution in [2.45, 2.75) is 76.8 Å². The summed E-state index contributed by atoms with van der Waals surface area (Å²) in [4.78, 5) is 34.9. The molecule has 2 atom stereocenters. The first-order valence-electron chi connectivity index (χ1n) is 11.7. The smallest absolute Gasteiger partial charge is 0.412 e. The van der Waals surface area contributed by atoms with E-state index in [-0.39, 0.29) is 36.0 Å². The van der Waals surface area contributed by atoms with Crippen LogP contribution in [0.4, 0.5) is 10.5 Å². The van der Waals surface area contributed by atoms with Crippen LogP contribution in [0.25, 0.3) is 0 Å². The van der Waals surface area contributed by atoms with Gasteiger partial charge in [0.15, 0.2) is 0 Å². The van der Waals surface area contributed by atoms with Gasteiger partial charge in [0.25, 0.3) is 5.69 Å². The Labute approximate surface area is 196 Å². The van der Waals surface area contributed by atoms with E-state index in [4.69, 9.17) is 9.47 Å². The quantitative estimate of drug-likeness (QED) is 0.208. The summed E-state index contributed by atoms with van der Waals surface area (Å²) in [5.74, 6) is 0.274. The molecule has 0 radical (unpaired) electrons. The average Bonchev–Trinajstić information content (AvgIpc) is 2.74. The number of amides is 1. The van der Waals surface area contributed by atoms with Crippen molar-refractivity contribution < 1.29 is 24.0 Å². The number of nitro benzene ring substituents is 1. The topological polar surface area (TPSA) is 120 Å². The number of carbonyl (C=O) groups is 2. The van der Waals surface area contributed by atoms with Crippen molar-refractivity contribution in [3.05, 3.63) is 34.4 Å². The van der Waals surface area contributed by atoms with Gasteiger partial charge < -0.3 is 20.1 Å². The molecule has 1 aromatic rings. The first-order valence-corrected chi connectivity index (χ1v) is 15.4. The molecule has 9 nitrogen and oxygen atoms in total. The van der Waals surface area contributed by atoms with Crippen molar-refractivity contribution in [1.29, 1.82) is 0 Å². The van der Waals surface area contributed by atoms with Crippen molar-refractivity contribution in [2.24, 2.45) is 5.92 Å². The number of esters is 1. The number of nitrogens with zero attached hydrogens (tertiary/aromatic N) is 1. The average molecular weight is 480 g/mol. The molecule has 0 heterocycles. The van der Waals surface area contributed by atoms with E-state index in [1.54, 1.807) is 0 Å². The van der Waals surface area contributed by atoms with Gasteiger partial charge in [-0.15, -0.1) is 0 Å². The molecule has 0 aromatic heterocycles. The van der Waals surface area contributed by atoms with Crippen LogP contribution >= 0.6 is 0 Å². The summed E-state index contributed by atoms with van der Waals surface area (Å²) >= 11 is 0. The van der Waals surface area contributed by atoms with Crippen LogP contribution in [0.1, 0.15) is 39.0 Å². The standard InChI is InChI=1S/C23H37N3O6Si/c1-17(25-23(28)32-20-12-10-19(11-13-20)26(29)30)22(18-8-6-5-7-9-18)24-16-21(27)31-14-15-33(2,3)4/h10-13,17-18,22,24H,5-9,14-16H2,1-4H3,(H,25,28). The fraction of sp³-hybridized carbons (Fsp3) is 0.652. The zero-order valence-electron chi connectivity index (χ0n) is 20.1. The van der Waals surface area contributed by atoms with Gasteiger partial charge in [-0.05, 0) is 43.9 Å². The third kappa shape index (κ3) is 9.91. The largest absolute Gasteiger partial charge is 0.465 e. The normalized spacial score (nSPS) is 16.5. The van der Waals surface area contributed by atoms with E-state index in [0.717, 1.165) is 31.7 Å². The van der Waals surface area contributed by atoms with Crippen LogP contribution in [0, 0.1) is 16.0 Å². The van der Waals surface area contributed by atoms with E-state index in [9.17, 15) is 19.7 Å². The van der Waals surface area contributed by atoms with E-state index >= 15 is 0 Å². The lowest BCUT2D eigenvalue weighted by molar-refractivity contribution is -0.384. The van der Waals surface area contributed by atoms with E-state index < -0.39 is 19.1 Å². The molecule has 1 fully saturated rings. The second-order valence-electron chi connectivity index (χ2n) is 9.91. The predicted octanol–water partition coefficient (Wildman–Crippen LogP) is 4.49. The number of benzene rings is 1. The highest BCUT2D eigenvalue weighted by molar-refractivity contribution is 6.76. The number of carbonyl (C=O) groups excluding carboxylic acids is 2. The van der Waals surface area contributed by atoms with Gasteiger partial charge in [-0.25, -0.2) is 4.79 Å². The Morgan fingerprint density at radius 2 is 1.79 bits per heavy atom. The molecule has 1 saturated carbocycles. The summed E-state index contributed by atoms with van der Waals surface area (Å²) in [6, 6.07) is 5.88. The van der Waals surface area contributed by atoms with Gasteiger partial charge in [-0.2, -0.15) is 0 Å². The molecule has 1 aliphatic rings.